The standard InChI is InChI=1S/C11H24N4O3S/c1-3-12-19(17,18)13-6-5-11(16)15-9-7-14(4-2)8-10-15/h12-13H,3-10H2,1-2H3. The zero-order valence-corrected chi connectivity index (χ0v) is 12.5. The number of nitrogens with zero attached hydrogens (tertiary/aromatic N) is 2. The van der Waals surface area contributed by atoms with Gasteiger partial charge >= 0.3 is 0 Å². The molecule has 7 nitrogen and oxygen atoms in total. The fourth-order valence-electron chi connectivity index (χ4n) is 2.00. The number of carbonyl (C=O) groups is 1. The molecule has 1 aliphatic heterocycles. The van der Waals surface area contributed by atoms with Gasteiger partial charge < -0.3 is 9.80 Å². The van der Waals surface area contributed by atoms with Gasteiger partial charge in [0.05, 0.1) is 0 Å². The summed E-state index contributed by atoms with van der Waals surface area (Å²) in [6.07, 6.45) is 0.205. The number of carbonyl (C=O) groups excluding carboxylic acids is 1. The zero-order valence-electron chi connectivity index (χ0n) is 11.7. The van der Waals surface area contributed by atoms with Gasteiger partial charge in [-0.25, -0.2) is 9.44 Å². The minimum absolute atomic E-state index is 0.00921. The van der Waals surface area contributed by atoms with Crippen LogP contribution in [0.3, 0.4) is 0 Å². The molecule has 1 aliphatic rings. The monoisotopic (exact) mass is 292 g/mol. The third-order valence-electron chi connectivity index (χ3n) is 3.14. The van der Waals surface area contributed by atoms with Crippen LogP contribution in [0.15, 0.2) is 0 Å². The molecule has 0 aliphatic carbocycles. The summed E-state index contributed by atoms with van der Waals surface area (Å²) in [5.74, 6) is 0.00921. The molecule has 2 N–H and O–H groups in total. The number of hydrogen-bond donors (Lipinski definition) is 2. The summed E-state index contributed by atoms with van der Waals surface area (Å²) in [4.78, 5) is 16.0. The molecule has 0 spiro atoms. The van der Waals surface area contributed by atoms with Crippen molar-refractivity contribution in [3.8, 4) is 0 Å². The van der Waals surface area contributed by atoms with E-state index in [2.05, 4.69) is 21.3 Å². The summed E-state index contributed by atoms with van der Waals surface area (Å²) in [5, 5.41) is 0. The number of rotatable bonds is 7. The molecule has 1 rings (SSSR count). The van der Waals surface area contributed by atoms with Gasteiger partial charge in [-0.15, -0.1) is 0 Å². The third-order valence-corrected chi connectivity index (χ3v) is 4.39. The second-order valence-electron chi connectivity index (χ2n) is 4.46. The van der Waals surface area contributed by atoms with Crippen LogP contribution in [-0.2, 0) is 15.0 Å². The van der Waals surface area contributed by atoms with Gasteiger partial charge in [-0.05, 0) is 6.54 Å². The van der Waals surface area contributed by atoms with Crippen molar-refractivity contribution in [2.45, 2.75) is 20.3 Å². The van der Waals surface area contributed by atoms with Crippen molar-refractivity contribution >= 4 is 16.1 Å². The Kier molecular flexibility index (Phi) is 6.70. The first kappa shape index (κ1) is 16.4. The molecule has 1 saturated heterocycles. The first-order valence-corrected chi connectivity index (χ1v) is 8.21. The molecule has 0 bridgehead atoms. The quantitative estimate of drug-likeness (QED) is 0.629. The molecule has 0 aromatic carbocycles. The van der Waals surface area contributed by atoms with E-state index in [0.29, 0.717) is 6.54 Å². The molecule has 0 saturated carbocycles. The Labute approximate surface area is 115 Å². The van der Waals surface area contributed by atoms with Gasteiger partial charge in [-0.3, -0.25) is 4.79 Å². The van der Waals surface area contributed by atoms with Gasteiger partial charge in [0.15, 0.2) is 0 Å². The van der Waals surface area contributed by atoms with E-state index in [4.69, 9.17) is 0 Å². The van der Waals surface area contributed by atoms with E-state index in [1.165, 1.54) is 0 Å². The topological polar surface area (TPSA) is 81.8 Å². The van der Waals surface area contributed by atoms with Crippen molar-refractivity contribution in [2.75, 3.05) is 45.8 Å². The maximum Gasteiger partial charge on any atom is 0.276 e. The average molecular weight is 292 g/mol. The van der Waals surface area contributed by atoms with E-state index < -0.39 is 10.2 Å². The first-order chi connectivity index (χ1) is 8.98. The van der Waals surface area contributed by atoms with Crippen molar-refractivity contribution in [3.63, 3.8) is 0 Å². The highest BCUT2D eigenvalue weighted by Gasteiger charge is 2.20. The van der Waals surface area contributed by atoms with Gasteiger partial charge in [0.25, 0.3) is 10.2 Å². The van der Waals surface area contributed by atoms with Gasteiger partial charge in [-0.1, -0.05) is 13.8 Å². The lowest BCUT2D eigenvalue weighted by atomic mass is 10.3. The van der Waals surface area contributed by atoms with Crippen molar-refractivity contribution in [1.82, 2.24) is 19.2 Å². The fraction of sp³-hybridized carbons (Fsp3) is 0.909. The molecule has 1 fully saturated rings. The van der Waals surface area contributed by atoms with Crippen LogP contribution in [0.1, 0.15) is 20.3 Å². The van der Waals surface area contributed by atoms with Crippen molar-refractivity contribution < 1.29 is 13.2 Å². The lowest BCUT2D eigenvalue weighted by molar-refractivity contribution is -0.132. The molecule has 19 heavy (non-hydrogen) atoms. The van der Waals surface area contributed by atoms with Crippen molar-refractivity contribution in [2.24, 2.45) is 0 Å². The number of amides is 1. The van der Waals surface area contributed by atoms with Crippen LogP contribution in [0.4, 0.5) is 0 Å². The van der Waals surface area contributed by atoms with Crippen LogP contribution in [-0.4, -0.2) is 69.9 Å². The van der Waals surface area contributed by atoms with E-state index in [-0.39, 0.29) is 18.9 Å². The molecule has 1 heterocycles. The zero-order chi connectivity index (χ0) is 14.3. The smallest absolute Gasteiger partial charge is 0.276 e. The van der Waals surface area contributed by atoms with E-state index in [0.717, 1.165) is 32.7 Å². The molecule has 8 heteroatoms. The Morgan fingerprint density at radius 1 is 1.11 bits per heavy atom. The summed E-state index contributed by atoms with van der Waals surface area (Å²) >= 11 is 0. The summed E-state index contributed by atoms with van der Waals surface area (Å²) in [6, 6.07) is 0. The third kappa shape index (κ3) is 5.85. The highest BCUT2D eigenvalue weighted by atomic mass is 32.2. The average Bonchev–Trinajstić information content (AvgIpc) is 2.38. The summed E-state index contributed by atoms with van der Waals surface area (Å²) in [6.45, 7) is 8.54. The number of likely N-dealkylation sites (N-methyl/N-ethyl adjacent to an activating group) is 1. The number of nitrogens with one attached hydrogen (secondary N) is 2. The molecular formula is C11H24N4O3S. The minimum atomic E-state index is -3.45. The molecule has 112 valence electrons. The van der Waals surface area contributed by atoms with Crippen molar-refractivity contribution in [3.05, 3.63) is 0 Å². The molecule has 1 amide bonds. The maximum atomic E-state index is 11.9. The lowest BCUT2D eigenvalue weighted by Crippen LogP contribution is -2.49. The first-order valence-electron chi connectivity index (χ1n) is 6.73. The summed E-state index contributed by atoms with van der Waals surface area (Å²) in [7, 11) is -3.45. The second kappa shape index (κ2) is 7.78. The Morgan fingerprint density at radius 3 is 2.26 bits per heavy atom. The molecular weight excluding hydrogens is 268 g/mol. The van der Waals surface area contributed by atoms with E-state index in [1.807, 2.05) is 0 Å². The molecule has 0 atom stereocenters. The van der Waals surface area contributed by atoms with Crippen LogP contribution in [0.25, 0.3) is 0 Å². The normalized spacial score (nSPS) is 17.7. The summed E-state index contributed by atoms with van der Waals surface area (Å²) < 4.78 is 27.3. The van der Waals surface area contributed by atoms with Gasteiger partial charge in [0, 0.05) is 45.7 Å². The molecule has 0 aromatic heterocycles. The minimum Gasteiger partial charge on any atom is -0.340 e. The predicted octanol–water partition coefficient (Wildman–Crippen LogP) is -1.02. The Morgan fingerprint density at radius 2 is 1.74 bits per heavy atom. The van der Waals surface area contributed by atoms with Gasteiger partial charge in [0.1, 0.15) is 0 Å². The predicted molar refractivity (Wildman–Crippen MR) is 73.9 cm³/mol. The largest absolute Gasteiger partial charge is 0.340 e. The Hall–Kier alpha value is -0.700. The van der Waals surface area contributed by atoms with E-state index in [1.54, 1.807) is 11.8 Å². The fourth-order valence-corrected chi connectivity index (χ4v) is 2.86. The number of hydrogen-bond acceptors (Lipinski definition) is 4. The highest BCUT2D eigenvalue weighted by molar-refractivity contribution is 7.87. The second-order valence-corrected chi connectivity index (χ2v) is 6.04. The highest BCUT2D eigenvalue weighted by Crippen LogP contribution is 2.03. The Balaban J connectivity index is 2.25. The van der Waals surface area contributed by atoms with Crippen LogP contribution < -0.4 is 9.44 Å². The van der Waals surface area contributed by atoms with Crippen molar-refractivity contribution in [1.29, 1.82) is 0 Å². The SMILES string of the molecule is CCNS(=O)(=O)NCCC(=O)N1CCN(CC)CC1. The molecule has 0 aromatic rings. The number of piperazine rings is 1. The maximum absolute atomic E-state index is 11.9. The summed E-state index contributed by atoms with van der Waals surface area (Å²) in [5.41, 5.74) is 0. The van der Waals surface area contributed by atoms with Gasteiger partial charge in [0.2, 0.25) is 5.91 Å². The van der Waals surface area contributed by atoms with E-state index >= 15 is 0 Å². The lowest BCUT2D eigenvalue weighted by Gasteiger charge is -2.34. The van der Waals surface area contributed by atoms with Crippen LogP contribution in [0, 0.1) is 0 Å². The van der Waals surface area contributed by atoms with Crippen LogP contribution in [0.5, 0.6) is 0 Å². The van der Waals surface area contributed by atoms with Crippen LogP contribution >= 0.6 is 0 Å². The molecule has 0 unspecified atom stereocenters. The van der Waals surface area contributed by atoms with Gasteiger partial charge in [-0.2, -0.15) is 8.42 Å². The molecule has 0 radical (unpaired) electrons. The van der Waals surface area contributed by atoms with Crippen LogP contribution in [0.2, 0.25) is 0 Å². The van der Waals surface area contributed by atoms with E-state index in [9.17, 15) is 13.2 Å². The Bertz CT molecular complexity index is 377.